The minimum Gasteiger partial charge on any atom is -0.486 e. The lowest BCUT2D eigenvalue weighted by molar-refractivity contribution is 0.0370. The van der Waals surface area contributed by atoms with E-state index in [1.54, 1.807) is 73.0 Å². The first-order chi connectivity index (χ1) is 22.6. The Morgan fingerprint density at radius 1 is 0.936 bits per heavy atom. The van der Waals surface area contributed by atoms with Crippen LogP contribution < -0.4 is 25.4 Å². The molecule has 4 amide bonds. The molecule has 2 aliphatic rings. The molecule has 0 aliphatic carbocycles. The van der Waals surface area contributed by atoms with E-state index in [0.29, 0.717) is 54.9 Å². The lowest BCUT2D eigenvalue weighted by Crippen LogP contribution is -2.38. The fourth-order valence-corrected chi connectivity index (χ4v) is 5.71. The van der Waals surface area contributed by atoms with Crippen molar-refractivity contribution in [2.45, 2.75) is 45.8 Å². The monoisotopic (exact) mass is 666 g/mol. The van der Waals surface area contributed by atoms with E-state index in [4.69, 9.17) is 18.9 Å². The molecular formula is C33H42N6O7S. The van der Waals surface area contributed by atoms with Crippen molar-refractivity contribution in [2.24, 2.45) is 0 Å². The molecule has 14 heteroatoms. The summed E-state index contributed by atoms with van der Waals surface area (Å²) >= 11 is 1.33. The SMILES string of the molecule is CC(C)(C)OC(=O)Nc1cscc1NC(=O)c1ccc(CN(CCCCN2CCOCC2)C(=O)Nc2ccc3c(c2)OCCO3)cn1. The summed E-state index contributed by atoms with van der Waals surface area (Å²) in [5.74, 6) is 0.817. The van der Waals surface area contributed by atoms with Crippen LogP contribution in [0.15, 0.2) is 47.3 Å². The van der Waals surface area contributed by atoms with E-state index in [9.17, 15) is 14.4 Å². The Morgan fingerprint density at radius 2 is 1.68 bits per heavy atom. The fourth-order valence-electron chi connectivity index (χ4n) is 5.00. The van der Waals surface area contributed by atoms with Crippen molar-refractivity contribution in [3.8, 4) is 11.5 Å². The summed E-state index contributed by atoms with van der Waals surface area (Å²) in [4.78, 5) is 47.2. The van der Waals surface area contributed by atoms with E-state index < -0.39 is 17.6 Å². The van der Waals surface area contributed by atoms with Crippen LogP contribution in [-0.2, 0) is 16.0 Å². The Labute approximate surface area is 278 Å². The number of nitrogens with zero attached hydrogens (tertiary/aromatic N) is 3. The van der Waals surface area contributed by atoms with Crippen molar-refractivity contribution in [3.63, 3.8) is 0 Å². The van der Waals surface area contributed by atoms with E-state index >= 15 is 0 Å². The molecule has 2 aromatic heterocycles. The molecule has 47 heavy (non-hydrogen) atoms. The van der Waals surface area contributed by atoms with Crippen LogP contribution in [0.4, 0.5) is 26.7 Å². The molecule has 3 N–H and O–H groups in total. The van der Waals surface area contributed by atoms with Crippen LogP contribution in [0.2, 0.25) is 0 Å². The van der Waals surface area contributed by atoms with Gasteiger partial charge in [-0.3, -0.25) is 20.0 Å². The van der Waals surface area contributed by atoms with E-state index in [0.717, 1.165) is 51.3 Å². The maximum Gasteiger partial charge on any atom is 0.412 e. The predicted octanol–water partition coefficient (Wildman–Crippen LogP) is 5.66. The standard InChI is InChI=1S/C33H42N6O7S/c1-33(2,3)46-32(42)37-27-22-47-21-26(27)36-30(40)25-8-6-23(19-34-25)20-39(11-5-4-10-38-12-14-43-15-13-38)31(41)35-24-7-9-28-29(18-24)45-17-16-44-28/h6-9,18-19,21-22H,4-5,10-17,20H2,1-3H3,(H,35,41)(H,36,40)(H,37,42). The lowest BCUT2D eigenvalue weighted by atomic mass is 10.2. The van der Waals surface area contributed by atoms with E-state index in [1.165, 1.54) is 11.3 Å². The van der Waals surface area contributed by atoms with Gasteiger partial charge in [0.2, 0.25) is 0 Å². The lowest BCUT2D eigenvalue weighted by Gasteiger charge is -2.27. The predicted molar refractivity (Wildman–Crippen MR) is 180 cm³/mol. The van der Waals surface area contributed by atoms with Crippen molar-refractivity contribution in [1.29, 1.82) is 0 Å². The smallest absolute Gasteiger partial charge is 0.412 e. The zero-order valence-corrected chi connectivity index (χ0v) is 27.8. The first-order valence-electron chi connectivity index (χ1n) is 15.7. The van der Waals surface area contributed by atoms with Gasteiger partial charge in [-0.2, -0.15) is 0 Å². The van der Waals surface area contributed by atoms with Gasteiger partial charge >= 0.3 is 12.1 Å². The number of carbonyl (C=O) groups excluding carboxylic acids is 3. The number of carbonyl (C=O) groups is 3. The van der Waals surface area contributed by atoms with Crippen LogP contribution in [0.5, 0.6) is 11.5 Å². The number of urea groups is 1. The van der Waals surface area contributed by atoms with Crippen molar-refractivity contribution in [2.75, 3.05) is 68.6 Å². The highest BCUT2D eigenvalue weighted by Crippen LogP contribution is 2.33. The molecule has 1 aromatic carbocycles. The molecule has 3 aromatic rings. The van der Waals surface area contributed by atoms with Gasteiger partial charge in [-0.05, 0) is 63.9 Å². The Balaban J connectivity index is 1.20. The Morgan fingerprint density at radius 3 is 2.40 bits per heavy atom. The molecule has 5 rings (SSSR count). The molecule has 0 atom stereocenters. The summed E-state index contributed by atoms with van der Waals surface area (Å²) < 4.78 is 22.0. The molecule has 252 valence electrons. The number of morpholine rings is 1. The normalized spacial score (nSPS) is 14.6. The molecule has 0 unspecified atom stereocenters. The van der Waals surface area contributed by atoms with E-state index in [2.05, 4.69) is 25.8 Å². The molecular weight excluding hydrogens is 624 g/mol. The van der Waals surface area contributed by atoms with Gasteiger partial charge in [-0.25, -0.2) is 9.59 Å². The van der Waals surface area contributed by atoms with Gasteiger partial charge in [-0.1, -0.05) is 6.07 Å². The molecule has 0 saturated carbocycles. The zero-order valence-electron chi connectivity index (χ0n) is 27.0. The van der Waals surface area contributed by atoms with Gasteiger partial charge < -0.3 is 34.5 Å². The zero-order chi connectivity index (χ0) is 33.2. The number of unbranched alkanes of at least 4 members (excludes halogenated alkanes) is 1. The van der Waals surface area contributed by atoms with Crippen molar-refractivity contribution in [1.82, 2.24) is 14.8 Å². The number of hydrogen-bond donors (Lipinski definition) is 3. The average Bonchev–Trinajstić information content (AvgIpc) is 3.48. The molecule has 1 saturated heterocycles. The quantitative estimate of drug-likeness (QED) is 0.221. The van der Waals surface area contributed by atoms with Crippen molar-refractivity contribution in [3.05, 3.63) is 58.5 Å². The molecule has 0 radical (unpaired) electrons. The molecule has 4 heterocycles. The second-order valence-electron chi connectivity index (χ2n) is 12.2. The highest BCUT2D eigenvalue weighted by atomic mass is 32.1. The molecule has 13 nitrogen and oxygen atoms in total. The number of anilines is 3. The van der Waals surface area contributed by atoms with Gasteiger partial charge in [0.25, 0.3) is 5.91 Å². The minimum absolute atomic E-state index is 0.195. The second-order valence-corrected chi connectivity index (χ2v) is 12.9. The number of fused-ring (bicyclic) bond motifs is 1. The number of aromatic nitrogens is 1. The highest BCUT2D eigenvalue weighted by Gasteiger charge is 2.20. The molecule has 1 fully saturated rings. The van der Waals surface area contributed by atoms with Crippen LogP contribution in [0.1, 0.15) is 49.7 Å². The third-order valence-corrected chi connectivity index (χ3v) is 8.06. The largest absolute Gasteiger partial charge is 0.486 e. The Bertz CT molecular complexity index is 1520. The minimum atomic E-state index is -0.653. The number of pyridine rings is 1. The molecule has 0 spiro atoms. The number of rotatable bonds is 11. The van der Waals surface area contributed by atoms with Gasteiger partial charge in [0, 0.05) is 54.9 Å². The van der Waals surface area contributed by atoms with Gasteiger partial charge in [0.15, 0.2) is 11.5 Å². The van der Waals surface area contributed by atoms with Crippen molar-refractivity contribution < 1.29 is 33.3 Å². The number of amides is 4. The first-order valence-corrected chi connectivity index (χ1v) is 16.7. The summed E-state index contributed by atoms with van der Waals surface area (Å²) in [5.41, 5.74) is 1.80. The summed E-state index contributed by atoms with van der Waals surface area (Å²) in [7, 11) is 0. The van der Waals surface area contributed by atoms with Gasteiger partial charge in [0.05, 0.1) is 24.6 Å². The van der Waals surface area contributed by atoms with Crippen molar-refractivity contribution >= 4 is 46.4 Å². The third kappa shape index (κ3) is 10.3. The first kappa shape index (κ1) is 33.9. The number of hydrogen-bond acceptors (Lipinski definition) is 10. The van der Waals surface area contributed by atoms with E-state index in [-0.39, 0.29) is 11.7 Å². The summed E-state index contributed by atoms with van der Waals surface area (Å²) in [6.45, 7) is 11.4. The maximum absolute atomic E-state index is 13.5. The molecule has 2 aliphatic heterocycles. The topological polar surface area (TPSA) is 144 Å². The average molecular weight is 667 g/mol. The van der Waals surface area contributed by atoms with Crippen LogP contribution in [0.3, 0.4) is 0 Å². The molecule has 0 bridgehead atoms. The third-order valence-electron chi connectivity index (χ3n) is 7.31. The maximum atomic E-state index is 13.5. The van der Waals surface area contributed by atoms with E-state index in [1.807, 2.05) is 0 Å². The Kier molecular flexibility index (Phi) is 11.5. The number of benzene rings is 1. The number of ether oxygens (including phenoxy) is 4. The number of nitrogens with one attached hydrogen (secondary N) is 3. The summed E-state index contributed by atoms with van der Waals surface area (Å²) in [6.07, 6.45) is 2.75. The Hall–Kier alpha value is -4.40. The van der Waals surface area contributed by atoms with Crippen LogP contribution in [0, 0.1) is 0 Å². The van der Waals surface area contributed by atoms with Crippen LogP contribution >= 0.6 is 11.3 Å². The highest BCUT2D eigenvalue weighted by molar-refractivity contribution is 7.09. The summed E-state index contributed by atoms with van der Waals surface area (Å²) in [5, 5.41) is 11.9. The van der Waals surface area contributed by atoms with Gasteiger partial charge in [0.1, 0.15) is 24.5 Å². The van der Waals surface area contributed by atoms with Crippen LogP contribution in [-0.4, -0.2) is 91.0 Å². The second kappa shape index (κ2) is 15.9. The van der Waals surface area contributed by atoms with Crippen LogP contribution in [0.25, 0.3) is 0 Å². The number of thiophene rings is 1. The van der Waals surface area contributed by atoms with Gasteiger partial charge in [-0.15, -0.1) is 11.3 Å². The fraction of sp³-hybridized carbons (Fsp3) is 0.455. The summed E-state index contributed by atoms with van der Waals surface area (Å²) in [6, 6.07) is 8.49.